The lowest BCUT2D eigenvalue weighted by Crippen LogP contribution is -2.21. The van der Waals surface area contributed by atoms with Crippen LogP contribution in [0, 0.1) is 20.8 Å². The number of nitrogens with zero attached hydrogens (tertiary/aromatic N) is 1. The maximum atomic E-state index is 5.76. The van der Waals surface area contributed by atoms with Crippen molar-refractivity contribution in [2.45, 2.75) is 27.3 Å². The number of benzene rings is 1. The first kappa shape index (κ1) is 14.3. The molecule has 3 heteroatoms. The molecular weight excluding hydrogens is 234 g/mol. The maximum absolute atomic E-state index is 5.76. The van der Waals surface area contributed by atoms with Crippen LogP contribution in [0.2, 0.25) is 0 Å². The third-order valence-electron chi connectivity index (χ3n) is 3.21. The number of hydrogen-bond acceptors (Lipinski definition) is 2. The van der Waals surface area contributed by atoms with E-state index in [0.717, 1.165) is 18.8 Å². The van der Waals surface area contributed by atoms with E-state index in [-0.39, 0.29) is 0 Å². The van der Waals surface area contributed by atoms with E-state index in [9.17, 15) is 0 Å². The summed E-state index contributed by atoms with van der Waals surface area (Å²) >= 11 is 5.76. The summed E-state index contributed by atoms with van der Waals surface area (Å²) in [6.07, 6.45) is 0. The van der Waals surface area contributed by atoms with Crippen LogP contribution in [0.4, 0.5) is 0 Å². The number of methoxy groups -OCH3 is 1. The summed E-state index contributed by atoms with van der Waals surface area (Å²) < 4.78 is 5.56. The van der Waals surface area contributed by atoms with Crippen LogP contribution in [0.15, 0.2) is 6.07 Å². The molecule has 17 heavy (non-hydrogen) atoms. The molecule has 0 aliphatic rings. The number of hydrogen-bond donors (Lipinski definition) is 0. The lowest BCUT2D eigenvalue weighted by molar-refractivity contribution is 0.333. The van der Waals surface area contributed by atoms with E-state index in [1.54, 1.807) is 7.11 Å². The Morgan fingerprint density at radius 2 is 1.88 bits per heavy atom. The minimum Gasteiger partial charge on any atom is -0.496 e. The van der Waals surface area contributed by atoms with Gasteiger partial charge in [0, 0.05) is 24.5 Å². The normalized spacial score (nSPS) is 11.0. The fourth-order valence-corrected chi connectivity index (χ4v) is 2.36. The van der Waals surface area contributed by atoms with Gasteiger partial charge in [-0.2, -0.15) is 0 Å². The second-order valence-electron chi connectivity index (χ2n) is 4.57. The number of aryl methyl sites for hydroxylation is 2. The molecule has 1 rings (SSSR count). The molecule has 0 aliphatic carbocycles. The Hall–Kier alpha value is -0.730. The standard InChI is InChI=1S/C14H22ClNO/c1-10-8-11(2)13(9-16(4)7-6-15)14(17-5)12(10)3/h8H,6-7,9H2,1-5H3. The Kier molecular flexibility index (Phi) is 5.29. The van der Waals surface area contributed by atoms with E-state index in [0.29, 0.717) is 5.88 Å². The van der Waals surface area contributed by atoms with Crippen molar-refractivity contribution in [3.8, 4) is 5.75 Å². The topological polar surface area (TPSA) is 12.5 Å². The van der Waals surface area contributed by atoms with Gasteiger partial charge in [-0.3, -0.25) is 0 Å². The molecule has 0 saturated carbocycles. The molecule has 0 atom stereocenters. The van der Waals surface area contributed by atoms with Gasteiger partial charge in [-0.05, 0) is 44.5 Å². The maximum Gasteiger partial charge on any atom is 0.126 e. The summed E-state index contributed by atoms with van der Waals surface area (Å²) in [4.78, 5) is 2.21. The van der Waals surface area contributed by atoms with Gasteiger partial charge in [0.1, 0.15) is 5.75 Å². The molecule has 0 fully saturated rings. The molecule has 0 radical (unpaired) electrons. The average molecular weight is 256 g/mol. The fourth-order valence-electron chi connectivity index (χ4n) is 2.07. The molecule has 0 aromatic heterocycles. The minimum absolute atomic E-state index is 0.655. The molecule has 2 nitrogen and oxygen atoms in total. The highest BCUT2D eigenvalue weighted by atomic mass is 35.5. The summed E-state index contributed by atoms with van der Waals surface area (Å²) in [5.41, 5.74) is 5.06. The van der Waals surface area contributed by atoms with E-state index < -0.39 is 0 Å². The van der Waals surface area contributed by atoms with Gasteiger partial charge in [0.2, 0.25) is 0 Å². The third-order valence-corrected chi connectivity index (χ3v) is 3.38. The van der Waals surface area contributed by atoms with Crippen molar-refractivity contribution in [3.05, 3.63) is 28.3 Å². The first-order valence-electron chi connectivity index (χ1n) is 5.89. The number of halogens is 1. The molecule has 1 aromatic rings. The zero-order chi connectivity index (χ0) is 13.0. The third kappa shape index (κ3) is 3.36. The van der Waals surface area contributed by atoms with Crippen LogP contribution in [-0.2, 0) is 6.54 Å². The van der Waals surface area contributed by atoms with Crippen LogP contribution >= 0.6 is 11.6 Å². The molecular formula is C14H22ClNO. The van der Waals surface area contributed by atoms with Crippen molar-refractivity contribution in [1.29, 1.82) is 0 Å². The molecule has 0 amide bonds. The predicted octanol–water partition coefficient (Wildman–Crippen LogP) is 3.29. The lowest BCUT2D eigenvalue weighted by Gasteiger charge is -2.21. The second kappa shape index (κ2) is 6.27. The van der Waals surface area contributed by atoms with Crippen molar-refractivity contribution >= 4 is 11.6 Å². The summed E-state index contributed by atoms with van der Waals surface area (Å²) in [6, 6.07) is 2.22. The Labute approximate surface area is 110 Å². The number of rotatable bonds is 5. The Morgan fingerprint density at radius 1 is 1.24 bits per heavy atom. The van der Waals surface area contributed by atoms with E-state index in [1.807, 2.05) is 0 Å². The van der Waals surface area contributed by atoms with Crippen LogP contribution in [0.3, 0.4) is 0 Å². The molecule has 0 heterocycles. The first-order valence-corrected chi connectivity index (χ1v) is 6.42. The lowest BCUT2D eigenvalue weighted by atomic mass is 9.98. The van der Waals surface area contributed by atoms with Crippen molar-refractivity contribution in [2.75, 3.05) is 26.6 Å². The van der Waals surface area contributed by atoms with E-state index >= 15 is 0 Å². The number of alkyl halides is 1. The quantitative estimate of drug-likeness (QED) is 0.749. The van der Waals surface area contributed by atoms with Gasteiger partial charge in [0.25, 0.3) is 0 Å². The molecule has 0 aliphatic heterocycles. The van der Waals surface area contributed by atoms with Crippen LogP contribution in [0.5, 0.6) is 5.75 Å². The smallest absolute Gasteiger partial charge is 0.126 e. The van der Waals surface area contributed by atoms with Gasteiger partial charge >= 0.3 is 0 Å². The van der Waals surface area contributed by atoms with Crippen LogP contribution in [0.1, 0.15) is 22.3 Å². The van der Waals surface area contributed by atoms with Crippen molar-refractivity contribution in [2.24, 2.45) is 0 Å². The van der Waals surface area contributed by atoms with Gasteiger partial charge in [-0.25, -0.2) is 0 Å². The van der Waals surface area contributed by atoms with Gasteiger partial charge < -0.3 is 9.64 Å². The molecule has 1 aromatic carbocycles. The summed E-state index contributed by atoms with van der Waals surface area (Å²) in [5.74, 6) is 1.67. The van der Waals surface area contributed by atoms with Crippen LogP contribution in [0.25, 0.3) is 0 Å². The van der Waals surface area contributed by atoms with Crippen LogP contribution < -0.4 is 4.74 Å². The molecule has 96 valence electrons. The van der Waals surface area contributed by atoms with Crippen molar-refractivity contribution in [3.63, 3.8) is 0 Å². The highest BCUT2D eigenvalue weighted by molar-refractivity contribution is 6.18. The molecule has 0 N–H and O–H groups in total. The molecule has 0 unspecified atom stereocenters. The molecule has 0 saturated heterocycles. The zero-order valence-corrected chi connectivity index (χ0v) is 12.2. The van der Waals surface area contributed by atoms with Gasteiger partial charge in [0.15, 0.2) is 0 Å². The Balaban J connectivity index is 3.09. The van der Waals surface area contributed by atoms with E-state index in [1.165, 1.54) is 22.3 Å². The SMILES string of the molecule is COc1c(C)c(C)cc(C)c1CN(C)CCCl. The number of ether oxygens (including phenoxy) is 1. The second-order valence-corrected chi connectivity index (χ2v) is 4.95. The van der Waals surface area contributed by atoms with Crippen molar-refractivity contribution < 1.29 is 4.74 Å². The Bertz CT molecular complexity index is 390. The fraction of sp³-hybridized carbons (Fsp3) is 0.571. The van der Waals surface area contributed by atoms with Crippen LogP contribution in [-0.4, -0.2) is 31.5 Å². The van der Waals surface area contributed by atoms with Gasteiger partial charge in [-0.1, -0.05) is 6.07 Å². The predicted molar refractivity (Wildman–Crippen MR) is 74.3 cm³/mol. The monoisotopic (exact) mass is 255 g/mol. The molecule has 0 spiro atoms. The average Bonchev–Trinajstić information content (AvgIpc) is 2.27. The summed E-state index contributed by atoms with van der Waals surface area (Å²) in [6.45, 7) is 8.13. The van der Waals surface area contributed by atoms with E-state index in [4.69, 9.17) is 16.3 Å². The first-order chi connectivity index (χ1) is 8.01. The van der Waals surface area contributed by atoms with Gasteiger partial charge in [-0.15, -0.1) is 11.6 Å². The summed E-state index contributed by atoms with van der Waals surface area (Å²) in [5, 5.41) is 0. The van der Waals surface area contributed by atoms with Crippen molar-refractivity contribution in [1.82, 2.24) is 4.90 Å². The minimum atomic E-state index is 0.655. The molecule has 0 bridgehead atoms. The highest BCUT2D eigenvalue weighted by Crippen LogP contribution is 2.30. The highest BCUT2D eigenvalue weighted by Gasteiger charge is 2.13. The summed E-state index contributed by atoms with van der Waals surface area (Å²) in [7, 11) is 3.82. The van der Waals surface area contributed by atoms with E-state index in [2.05, 4.69) is 38.8 Å². The Morgan fingerprint density at radius 3 is 2.41 bits per heavy atom. The largest absolute Gasteiger partial charge is 0.496 e. The zero-order valence-electron chi connectivity index (χ0n) is 11.4. The van der Waals surface area contributed by atoms with Gasteiger partial charge in [0.05, 0.1) is 7.11 Å².